The number of hydrogen-bond acceptors (Lipinski definition) is 4. The summed E-state index contributed by atoms with van der Waals surface area (Å²) in [5, 5.41) is 7.15. The van der Waals surface area contributed by atoms with Crippen LogP contribution in [-0.4, -0.2) is 70.5 Å². The van der Waals surface area contributed by atoms with Crippen LogP contribution in [0.4, 0.5) is 0 Å². The van der Waals surface area contributed by atoms with Crippen LogP contribution in [0.1, 0.15) is 37.2 Å². The minimum atomic E-state index is 0.469. The molecule has 1 unspecified atom stereocenters. The summed E-state index contributed by atoms with van der Waals surface area (Å²) < 4.78 is 10.9. The van der Waals surface area contributed by atoms with Gasteiger partial charge in [-0.25, -0.2) is 0 Å². The van der Waals surface area contributed by atoms with E-state index in [1.165, 1.54) is 5.56 Å². The Labute approximate surface area is 163 Å². The summed E-state index contributed by atoms with van der Waals surface area (Å²) in [6.45, 7) is 5.95. The van der Waals surface area contributed by atoms with Gasteiger partial charge in [-0.2, -0.15) is 0 Å². The molecule has 1 atom stereocenters. The van der Waals surface area contributed by atoms with Crippen molar-refractivity contribution in [3.8, 4) is 5.75 Å². The van der Waals surface area contributed by atoms with Gasteiger partial charge in [0.15, 0.2) is 5.96 Å². The average molecular weight is 375 g/mol. The molecular weight excluding hydrogens is 340 g/mol. The van der Waals surface area contributed by atoms with E-state index in [4.69, 9.17) is 9.47 Å². The van der Waals surface area contributed by atoms with E-state index in [0.717, 1.165) is 76.8 Å². The van der Waals surface area contributed by atoms with Gasteiger partial charge in [0.2, 0.25) is 0 Å². The molecular formula is C21H34N4O2. The van der Waals surface area contributed by atoms with Crippen LogP contribution in [0.3, 0.4) is 0 Å². The van der Waals surface area contributed by atoms with Crippen molar-refractivity contribution in [1.29, 1.82) is 0 Å². The number of para-hydroxylation sites is 1. The molecule has 0 aromatic heterocycles. The van der Waals surface area contributed by atoms with Crippen LogP contribution in [0.2, 0.25) is 0 Å². The fraction of sp³-hybridized carbons (Fsp3) is 0.667. The molecule has 0 radical (unpaired) electrons. The van der Waals surface area contributed by atoms with Gasteiger partial charge in [-0.15, -0.1) is 0 Å². The van der Waals surface area contributed by atoms with Crippen LogP contribution in [-0.2, 0) is 4.74 Å². The Bertz CT molecular complexity index is 600. The lowest BCUT2D eigenvalue weighted by Crippen LogP contribution is -2.49. The van der Waals surface area contributed by atoms with Crippen molar-refractivity contribution in [1.82, 2.24) is 15.5 Å². The van der Waals surface area contributed by atoms with E-state index in [9.17, 15) is 0 Å². The van der Waals surface area contributed by atoms with E-state index in [1.807, 2.05) is 13.1 Å². The zero-order chi connectivity index (χ0) is 18.9. The third kappa shape index (κ3) is 5.84. The first-order valence-corrected chi connectivity index (χ1v) is 10.2. The van der Waals surface area contributed by atoms with Crippen molar-refractivity contribution >= 4 is 5.96 Å². The Kier molecular flexibility index (Phi) is 7.78. The minimum Gasteiger partial charge on any atom is -0.493 e. The lowest BCUT2D eigenvalue weighted by molar-refractivity contribution is 0.155. The molecule has 150 valence electrons. The van der Waals surface area contributed by atoms with Crippen molar-refractivity contribution in [2.24, 2.45) is 4.99 Å². The highest BCUT2D eigenvalue weighted by Crippen LogP contribution is 2.32. The van der Waals surface area contributed by atoms with Gasteiger partial charge in [0.1, 0.15) is 5.75 Å². The molecule has 0 spiro atoms. The SMILES string of the molecule is CN=C(NCC1CCOc2ccccc21)NC1CCN(CCCOC)CC1. The number of nitrogens with zero attached hydrogens (tertiary/aromatic N) is 2. The standard InChI is InChI=1S/C21H34N4O2/c1-22-21(24-18-8-12-25(13-9-18)11-5-14-26-2)23-16-17-10-15-27-20-7-4-3-6-19(17)20/h3-4,6-7,17-18H,5,8-16H2,1-2H3,(H2,22,23,24). The highest BCUT2D eigenvalue weighted by molar-refractivity contribution is 5.80. The molecule has 3 rings (SSSR count). The predicted octanol–water partition coefficient (Wildman–Crippen LogP) is 2.22. The molecule has 0 amide bonds. The molecule has 0 bridgehead atoms. The normalized spacial score (nSPS) is 21.4. The molecule has 2 N–H and O–H groups in total. The molecule has 2 aliphatic heterocycles. The topological polar surface area (TPSA) is 58.1 Å². The van der Waals surface area contributed by atoms with Gasteiger partial charge in [-0.3, -0.25) is 4.99 Å². The summed E-state index contributed by atoms with van der Waals surface area (Å²) in [4.78, 5) is 6.97. The molecule has 1 saturated heterocycles. The summed E-state index contributed by atoms with van der Waals surface area (Å²) in [6.07, 6.45) is 4.48. The molecule has 27 heavy (non-hydrogen) atoms. The number of rotatable bonds is 7. The number of benzene rings is 1. The summed E-state index contributed by atoms with van der Waals surface area (Å²) in [6, 6.07) is 8.87. The van der Waals surface area contributed by atoms with Gasteiger partial charge in [-0.1, -0.05) is 18.2 Å². The van der Waals surface area contributed by atoms with E-state index in [2.05, 4.69) is 38.7 Å². The smallest absolute Gasteiger partial charge is 0.191 e. The van der Waals surface area contributed by atoms with E-state index < -0.39 is 0 Å². The van der Waals surface area contributed by atoms with Gasteiger partial charge < -0.3 is 25.0 Å². The van der Waals surface area contributed by atoms with E-state index in [-0.39, 0.29) is 0 Å². The highest BCUT2D eigenvalue weighted by atomic mass is 16.5. The number of aliphatic imine (C=N–C) groups is 1. The van der Waals surface area contributed by atoms with E-state index in [1.54, 1.807) is 7.11 Å². The van der Waals surface area contributed by atoms with Gasteiger partial charge in [-0.05, 0) is 37.3 Å². The maximum absolute atomic E-state index is 5.77. The number of likely N-dealkylation sites (tertiary alicyclic amines) is 1. The molecule has 2 heterocycles. The van der Waals surface area contributed by atoms with Crippen molar-refractivity contribution in [2.45, 2.75) is 37.6 Å². The Morgan fingerprint density at radius 3 is 2.85 bits per heavy atom. The number of hydrogen-bond donors (Lipinski definition) is 2. The zero-order valence-electron chi connectivity index (χ0n) is 16.7. The van der Waals surface area contributed by atoms with E-state index >= 15 is 0 Å². The molecule has 6 heteroatoms. The van der Waals surface area contributed by atoms with Crippen LogP contribution in [0.15, 0.2) is 29.3 Å². The zero-order valence-corrected chi connectivity index (χ0v) is 16.7. The third-order valence-electron chi connectivity index (χ3n) is 5.57. The summed E-state index contributed by atoms with van der Waals surface area (Å²) >= 11 is 0. The molecule has 1 fully saturated rings. The molecule has 2 aliphatic rings. The summed E-state index contributed by atoms with van der Waals surface area (Å²) in [5.41, 5.74) is 1.30. The van der Waals surface area contributed by atoms with Crippen molar-refractivity contribution in [3.63, 3.8) is 0 Å². The Hall–Kier alpha value is -1.79. The first kappa shape index (κ1) is 20.0. The maximum atomic E-state index is 5.77. The monoisotopic (exact) mass is 374 g/mol. The molecule has 6 nitrogen and oxygen atoms in total. The van der Waals surface area contributed by atoms with Gasteiger partial charge >= 0.3 is 0 Å². The molecule has 1 aromatic carbocycles. The Balaban J connectivity index is 1.42. The lowest BCUT2D eigenvalue weighted by atomic mass is 9.93. The first-order chi connectivity index (χ1) is 13.3. The summed E-state index contributed by atoms with van der Waals surface area (Å²) in [5.74, 6) is 2.41. The molecule has 1 aromatic rings. The Morgan fingerprint density at radius 1 is 1.26 bits per heavy atom. The van der Waals surface area contributed by atoms with Gasteiger partial charge in [0.25, 0.3) is 0 Å². The van der Waals surface area contributed by atoms with E-state index in [0.29, 0.717) is 12.0 Å². The minimum absolute atomic E-state index is 0.469. The van der Waals surface area contributed by atoms with Gasteiger partial charge in [0.05, 0.1) is 6.61 Å². The van der Waals surface area contributed by atoms with Crippen LogP contribution in [0.25, 0.3) is 0 Å². The Morgan fingerprint density at radius 2 is 2.07 bits per heavy atom. The second kappa shape index (κ2) is 10.5. The molecule has 0 aliphatic carbocycles. The first-order valence-electron chi connectivity index (χ1n) is 10.2. The number of piperidine rings is 1. The van der Waals surface area contributed by atoms with Crippen molar-refractivity contribution < 1.29 is 9.47 Å². The van der Waals surface area contributed by atoms with Gasteiger partial charge in [0, 0.05) is 58.9 Å². The molecule has 0 saturated carbocycles. The number of ether oxygens (including phenoxy) is 2. The number of nitrogens with one attached hydrogen (secondary N) is 2. The average Bonchev–Trinajstić information content (AvgIpc) is 2.72. The number of guanidine groups is 1. The van der Waals surface area contributed by atoms with Crippen molar-refractivity contribution in [2.75, 3.05) is 53.6 Å². The summed E-state index contributed by atoms with van der Waals surface area (Å²) in [7, 11) is 3.63. The third-order valence-corrected chi connectivity index (χ3v) is 5.57. The van der Waals surface area contributed by atoms with Crippen molar-refractivity contribution in [3.05, 3.63) is 29.8 Å². The number of methoxy groups -OCH3 is 1. The van der Waals surface area contributed by atoms with Crippen LogP contribution >= 0.6 is 0 Å². The highest BCUT2D eigenvalue weighted by Gasteiger charge is 2.23. The van der Waals surface area contributed by atoms with Crippen LogP contribution in [0.5, 0.6) is 5.75 Å². The predicted molar refractivity (Wildman–Crippen MR) is 110 cm³/mol. The lowest BCUT2D eigenvalue weighted by Gasteiger charge is -2.33. The maximum Gasteiger partial charge on any atom is 0.191 e. The second-order valence-corrected chi connectivity index (χ2v) is 7.43. The fourth-order valence-corrected chi connectivity index (χ4v) is 3.97. The largest absolute Gasteiger partial charge is 0.493 e. The fourth-order valence-electron chi connectivity index (χ4n) is 3.97. The quantitative estimate of drug-likeness (QED) is 0.435. The van der Waals surface area contributed by atoms with Crippen LogP contribution in [0, 0.1) is 0 Å². The number of fused-ring (bicyclic) bond motifs is 1. The second-order valence-electron chi connectivity index (χ2n) is 7.43. The van der Waals surface area contributed by atoms with Crippen LogP contribution < -0.4 is 15.4 Å².